The number of aromatic nitrogens is 1. The number of nitrogens with two attached hydrogens (primary N) is 1. The number of pyridine rings is 1. The van der Waals surface area contributed by atoms with Gasteiger partial charge in [-0.2, -0.15) is 0 Å². The van der Waals surface area contributed by atoms with E-state index in [2.05, 4.69) is 25.6 Å². The molecule has 0 bridgehead atoms. The van der Waals surface area contributed by atoms with Crippen LogP contribution in [0.2, 0.25) is 5.15 Å². The number of hydrogen-bond donors (Lipinski definition) is 2. The Morgan fingerprint density at radius 1 is 1.26 bits per heavy atom. The lowest BCUT2D eigenvalue weighted by atomic mass is 10.3. The van der Waals surface area contributed by atoms with Crippen LogP contribution in [0.25, 0.3) is 0 Å². The van der Waals surface area contributed by atoms with Gasteiger partial charge < -0.3 is 5.73 Å². The molecule has 0 aliphatic heterocycles. The van der Waals surface area contributed by atoms with Gasteiger partial charge in [-0.15, -0.1) is 0 Å². The molecule has 3 N–H and O–H groups in total. The zero-order valence-electron chi connectivity index (χ0n) is 9.47. The maximum Gasteiger partial charge on any atom is 0.261 e. The van der Waals surface area contributed by atoms with Gasteiger partial charge in [-0.25, -0.2) is 13.4 Å². The summed E-state index contributed by atoms with van der Waals surface area (Å²) in [5.74, 6) is 0. The number of nitrogens with zero attached hydrogens (tertiary/aromatic N) is 1. The first-order valence-electron chi connectivity index (χ1n) is 5.08. The van der Waals surface area contributed by atoms with Crippen LogP contribution in [0.3, 0.4) is 0 Å². The molecule has 1 aromatic carbocycles. The van der Waals surface area contributed by atoms with Crippen molar-refractivity contribution in [1.29, 1.82) is 0 Å². The number of halogens is 2. The standard InChI is InChI=1S/C11H9BrClN3O2S/c12-9-2-1-8(6-10(9)14)19(17,18)16-7-3-4-15-11(13)5-7/h1-6H,14H2,(H,15,16). The predicted molar refractivity (Wildman–Crippen MR) is 78.6 cm³/mol. The minimum Gasteiger partial charge on any atom is -0.398 e. The summed E-state index contributed by atoms with van der Waals surface area (Å²) in [5, 5.41) is 0.204. The van der Waals surface area contributed by atoms with E-state index in [9.17, 15) is 8.42 Å². The van der Waals surface area contributed by atoms with E-state index in [0.717, 1.165) is 0 Å². The van der Waals surface area contributed by atoms with Crippen LogP contribution in [0.15, 0.2) is 45.9 Å². The molecule has 2 aromatic rings. The molecule has 0 radical (unpaired) electrons. The van der Waals surface area contributed by atoms with Gasteiger partial charge in [0.15, 0.2) is 0 Å². The van der Waals surface area contributed by atoms with Crippen molar-refractivity contribution in [2.75, 3.05) is 10.5 Å². The first-order chi connectivity index (χ1) is 8.88. The molecule has 8 heteroatoms. The van der Waals surface area contributed by atoms with E-state index in [1.165, 1.54) is 30.5 Å². The Hall–Kier alpha value is -1.31. The molecule has 1 heterocycles. The van der Waals surface area contributed by atoms with Crippen molar-refractivity contribution >= 4 is 48.9 Å². The molecule has 0 amide bonds. The van der Waals surface area contributed by atoms with E-state index in [1.54, 1.807) is 6.07 Å². The summed E-state index contributed by atoms with van der Waals surface area (Å²) in [7, 11) is -3.71. The van der Waals surface area contributed by atoms with Crippen LogP contribution in [-0.4, -0.2) is 13.4 Å². The summed E-state index contributed by atoms with van der Waals surface area (Å²) in [6.45, 7) is 0. The SMILES string of the molecule is Nc1cc(S(=O)(=O)Nc2ccnc(Cl)c2)ccc1Br. The normalized spacial score (nSPS) is 11.3. The zero-order valence-corrected chi connectivity index (χ0v) is 12.6. The van der Waals surface area contributed by atoms with E-state index in [-0.39, 0.29) is 10.0 Å². The Kier molecular flexibility index (Phi) is 3.98. The van der Waals surface area contributed by atoms with E-state index < -0.39 is 10.0 Å². The van der Waals surface area contributed by atoms with Crippen LogP contribution in [0, 0.1) is 0 Å². The molecule has 2 rings (SSSR count). The third-order valence-corrected chi connectivity index (χ3v) is 4.56. The second kappa shape index (κ2) is 5.36. The molecule has 0 unspecified atom stereocenters. The lowest BCUT2D eigenvalue weighted by Gasteiger charge is -2.09. The highest BCUT2D eigenvalue weighted by molar-refractivity contribution is 9.10. The number of rotatable bonds is 3. The van der Waals surface area contributed by atoms with Crippen LogP contribution >= 0.6 is 27.5 Å². The number of nitrogens with one attached hydrogen (secondary N) is 1. The lowest BCUT2D eigenvalue weighted by molar-refractivity contribution is 0.601. The molecule has 0 saturated heterocycles. The molecule has 0 atom stereocenters. The number of anilines is 2. The fraction of sp³-hybridized carbons (Fsp3) is 0. The Morgan fingerprint density at radius 3 is 2.63 bits per heavy atom. The summed E-state index contributed by atoms with van der Waals surface area (Å²) in [5.41, 5.74) is 6.34. The summed E-state index contributed by atoms with van der Waals surface area (Å²) in [4.78, 5) is 3.84. The lowest BCUT2D eigenvalue weighted by Crippen LogP contribution is -2.13. The van der Waals surface area contributed by atoms with Crippen LogP contribution in [0.4, 0.5) is 11.4 Å². The number of hydrogen-bond acceptors (Lipinski definition) is 4. The molecule has 0 aliphatic rings. The minimum atomic E-state index is -3.71. The summed E-state index contributed by atoms with van der Waals surface area (Å²) >= 11 is 8.90. The van der Waals surface area contributed by atoms with E-state index >= 15 is 0 Å². The summed E-state index contributed by atoms with van der Waals surface area (Å²) in [6, 6.07) is 7.32. The maximum absolute atomic E-state index is 12.1. The fourth-order valence-corrected chi connectivity index (χ4v) is 2.87. The Bertz CT molecular complexity index is 722. The van der Waals surface area contributed by atoms with Gasteiger partial charge in [0.25, 0.3) is 10.0 Å². The minimum absolute atomic E-state index is 0.0705. The monoisotopic (exact) mass is 361 g/mol. The fourth-order valence-electron chi connectivity index (χ4n) is 1.37. The van der Waals surface area contributed by atoms with Crippen molar-refractivity contribution in [3.63, 3.8) is 0 Å². The zero-order chi connectivity index (χ0) is 14.0. The molecule has 100 valence electrons. The first kappa shape index (κ1) is 14.1. The van der Waals surface area contributed by atoms with E-state index in [4.69, 9.17) is 17.3 Å². The van der Waals surface area contributed by atoms with Crippen LogP contribution < -0.4 is 10.5 Å². The van der Waals surface area contributed by atoms with Gasteiger partial charge in [-0.05, 0) is 46.3 Å². The van der Waals surface area contributed by atoms with E-state index in [1.807, 2.05) is 0 Å². The van der Waals surface area contributed by atoms with E-state index in [0.29, 0.717) is 15.8 Å². The van der Waals surface area contributed by atoms with Crippen molar-refractivity contribution in [1.82, 2.24) is 4.98 Å². The Balaban J connectivity index is 2.35. The van der Waals surface area contributed by atoms with Gasteiger partial charge in [0.1, 0.15) is 5.15 Å². The van der Waals surface area contributed by atoms with Crippen molar-refractivity contribution < 1.29 is 8.42 Å². The maximum atomic E-state index is 12.1. The second-order valence-electron chi connectivity index (χ2n) is 3.66. The van der Waals surface area contributed by atoms with Crippen molar-refractivity contribution in [3.8, 4) is 0 Å². The third kappa shape index (κ3) is 3.37. The highest BCUT2D eigenvalue weighted by atomic mass is 79.9. The smallest absolute Gasteiger partial charge is 0.261 e. The first-order valence-corrected chi connectivity index (χ1v) is 7.73. The largest absolute Gasteiger partial charge is 0.398 e. The molecule has 1 aromatic heterocycles. The molecule has 0 spiro atoms. The highest BCUT2D eigenvalue weighted by Crippen LogP contribution is 2.24. The van der Waals surface area contributed by atoms with Crippen molar-refractivity contribution in [3.05, 3.63) is 46.2 Å². The number of benzene rings is 1. The van der Waals surface area contributed by atoms with Crippen LogP contribution in [-0.2, 0) is 10.0 Å². The number of nitrogen functional groups attached to an aromatic ring is 1. The van der Waals surface area contributed by atoms with Crippen LogP contribution in [0.5, 0.6) is 0 Å². The average molecular weight is 363 g/mol. The molecular formula is C11H9BrClN3O2S. The number of sulfonamides is 1. The molecule has 5 nitrogen and oxygen atoms in total. The molecular weight excluding hydrogens is 354 g/mol. The van der Waals surface area contributed by atoms with Crippen molar-refractivity contribution in [2.24, 2.45) is 0 Å². The summed E-state index contributed by atoms with van der Waals surface area (Å²) < 4.78 is 27.3. The Labute approximate surface area is 124 Å². The summed E-state index contributed by atoms with van der Waals surface area (Å²) in [6.07, 6.45) is 1.41. The molecule has 19 heavy (non-hydrogen) atoms. The van der Waals surface area contributed by atoms with Crippen molar-refractivity contribution in [2.45, 2.75) is 4.90 Å². The van der Waals surface area contributed by atoms with Gasteiger partial charge in [0, 0.05) is 16.4 Å². The van der Waals surface area contributed by atoms with Gasteiger partial charge in [0.05, 0.1) is 10.6 Å². The van der Waals surface area contributed by atoms with Gasteiger partial charge in [-0.1, -0.05) is 11.6 Å². The molecule has 0 aliphatic carbocycles. The average Bonchev–Trinajstić information content (AvgIpc) is 2.32. The second-order valence-corrected chi connectivity index (χ2v) is 6.58. The Morgan fingerprint density at radius 2 is 2.00 bits per heavy atom. The topological polar surface area (TPSA) is 85.1 Å². The van der Waals surface area contributed by atoms with Gasteiger partial charge in [0.2, 0.25) is 0 Å². The predicted octanol–water partition coefficient (Wildman–Crippen LogP) is 2.88. The van der Waals surface area contributed by atoms with Crippen LogP contribution in [0.1, 0.15) is 0 Å². The quantitative estimate of drug-likeness (QED) is 0.649. The third-order valence-electron chi connectivity index (χ3n) is 2.26. The molecule has 0 saturated carbocycles. The van der Waals surface area contributed by atoms with Gasteiger partial charge >= 0.3 is 0 Å². The highest BCUT2D eigenvalue weighted by Gasteiger charge is 2.15. The molecule has 0 fully saturated rings. The van der Waals surface area contributed by atoms with Gasteiger partial charge in [-0.3, -0.25) is 4.72 Å².